The molecule has 4 heteroatoms. The Kier molecular flexibility index (Phi) is 3.43. The maximum atomic E-state index is 10.2. The molecule has 1 aromatic rings. The Morgan fingerprint density at radius 1 is 1.60 bits per heavy atom. The second kappa shape index (κ2) is 3.85. The number of hydrogen-bond acceptors (Lipinski definition) is 2. The van der Waals surface area contributed by atoms with Crippen LogP contribution in [0, 0.1) is 0 Å². The third-order valence-corrected chi connectivity index (χ3v) is 0.908. The Hall–Kier alpha value is -1.09. The standard InChI is InChI=1S/C6H5NO2.ClH/c8-6(9)5-2-1-3-7-4-5;/h1-4H,(H,8,9);1H. The van der Waals surface area contributed by atoms with Gasteiger partial charge in [-0.15, -0.1) is 12.4 Å². The van der Waals surface area contributed by atoms with Gasteiger partial charge in [-0.2, -0.15) is 0 Å². The van der Waals surface area contributed by atoms with Crippen LogP contribution in [0.25, 0.3) is 0 Å². The van der Waals surface area contributed by atoms with Gasteiger partial charge in [0.2, 0.25) is 0 Å². The average Bonchev–Trinajstić information content (AvgIpc) is 1.90. The lowest BCUT2D eigenvalue weighted by Gasteiger charge is -1.87. The van der Waals surface area contributed by atoms with Crippen molar-refractivity contribution in [1.29, 1.82) is 0 Å². The highest BCUT2D eigenvalue weighted by atomic mass is 35.5. The van der Waals surface area contributed by atoms with Crippen molar-refractivity contribution < 1.29 is 9.90 Å². The molecule has 0 aromatic carbocycles. The average molecular weight is 160 g/mol. The number of carboxylic acid groups (broad SMARTS) is 1. The molecule has 0 unspecified atom stereocenters. The molecule has 0 fully saturated rings. The van der Waals surface area contributed by atoms with E-state index in [4.69, 9.17) is 5.11 Å². The van der Waals surface area contributed by atoms with Crippen molar-refractivity contribution in [2.24, 2.45) is 0 Å². The molecular weight excluding hydrogens is 154 g/mol. The highest BCUT2D eigenvalue weighted by Crippen LogP contribution is 1.92. The van der Waals surface area contributed by atoms with Crippen molar-refractivity contribution in [3.05, 3.63) is 30.1 Å². The lowest BCUT2D eigenvalue weighted by Crippen LogP contribution is -1.94. The van der Waals surface area contributed by atoms with Gasteiger partial charge in [0.05, 0.1) is 5.56 Å². The van der Waals surface area contributed by atoms with E-state index < -0.39 is 5.97 Å². The second-order valence-electron chi connectivity index (χ2n) is 1.55. The lowest BCUT2D eigenvalue weighted by atomic mass is 10.3. The number of pyridine rings is 1. The summed E-state index contributed by atoms with van der Waals surface area (Å²) in [5.41, 5.74) is 0.220. The smallest absolute Gasteiger partial charge is 0.337 e. The van der Waals surface area contributed by atoms with Gasteiger partial charge in [-0.05, 0) is 12.1 Å². The molecule has 0 radical (unpaired) electrons. The van der Waals surface area contributed by atoms with Crippen molar-refractivity contribution in [2.45, 2.75) is 0 Å². The van der Waals surface area contributed by atoms with Gasteiger partial charge in [-0.1, -0.05) is 0 Å². The zero-order valence-electron chi connectivity index (χ0n) is 5.02. The van der Waals surface area contributed by atoms with E-state index in [1.54, 1.807) is 6.07 Å². The van der Waals surface area contributed by atoms with Gasteiger partial charge in [0.25, 0.3) is 0 Å². The molecule has 0 saturated carbocycles. The van der Waals surface area contributed by atoms with Gasteiger partial charge in [0.1, 0.15) is 0 Å². The molecular formula is C6H6ClNO2. The van der Waals surface area contributed by atoms with E-state index in [9.17, 15) is 4.79 Å². The molecule has 0 atom stereocenters. The van der Waals surface area contributed by atoms with Crippen LogP contribution in [0.5, 0.6) is 0 Å². The summed E-state index contributed by atoms with van der Waals surface area (Å²) in [4.78, 5) is 13.8. The summed E-state index contributed by atoms with van der Waals surface area (Å²) in [5, 5.41) is 8.34. The Morgan fingerprint density at radius 3 is 2.60 bits per heavy atom. The van der Waals surface area contributed by atoms with Gasteiger partial charge in [0.15, 0.2) is 0 Å². The van der Waals surface area contributed by atoms with Crippen LogP contribution in [0.15, 0.2) is 24.5 Å². The van der Waals surface area contributed by atoms with Crippen LogP contribution in [0.1, 0.15) is 10.4 Å². The van der Waals surface area contributed by atoms with E-state index in [0.717, 1.165) is 0 Å². The highest BCUT2D eigenvalue weighted by Gasteiger charge is 1.97. The molecule has 54 valence electrons. The number of nitrogens with zero attached hydrogens (tertiary/aromatic N) is 1. The summed E-state index contributed by atoms with van der Waals surface area (Å²) in [7, 11) is 0. The van der Waals surface area contributed by atoms with E-state index in [1.807, 2.05) is 0 Å². The quantitative estimate of drug-likeness (QED) is 0.670. The third kappa shape index (κ3) is 2.03. The first-order chi connectivity index (χ1) is 4.30. The largest absolute Gasteiger partial charge is 0.478 e. The lowest BCUT2D eigenvalue weighted by molar-refractivity contribution is 0.0696. The van der Waals surface area contributed by atoms with E-state index >= 15 is 0 Å². The molecule has 0 aliphatic rings. The van der Waals surface area contributed by atoms with Crippen molar-refractivity contribution in [2.75, 3.05) is 0 Å². The summed E-state index contributed by atoms with van der Waals surface area (Å²) in [6.07, 6.45) is 2.84. The zero-order chi connectivity index (χ0) is 6.69. The highest BCUT2D eigenvalue weighted by molar-refractivity contribution is 5.86. The molecule has 0 bridgehead atoms. The fraction of sp³-hybridized carbons (Fsp3) is 0. The molecule has 0 amide bonds. The van der Waals surface area contributed by atoms with Crippen molar-refractivity contribution in [3.63, 3.8) is 0 Å². The maximum Gasteiger partial charge on any atom is 0.337 e. The zero-order valence-corrected chi connectivity index (χ0v) is 5.84. The number of carboxylic acids is 1. The van der Waals surface area contributed by atoms with Gasteiger partial charge in [-0.25, -0.2) is 4.79 Å². The first kappa shape index (κ1) is 8.91. The third-order valence-electron chi connectivity index (χ3n) is 0.908. The van der Waals surface area contributed by atoms with Crippen LogP contribution in [0.3, 0.4) is 0 Å². The maximum absolute atomic E-state index is 10.2. The van der Waals surface area contributed by atoms with E-state index in [0.29, 0.717) is 0 Å². The van der Waals surface area contributed by atoms with Crippen LogP contribution < -0.4 is 0 Å². The minimum Gasteiger partial charge on any atom is -0.478 e. The topological polar surface area (TPSA) is 50.2 Å². The summed E-state index contributed by atoms with van der Waals surface area (Å²) in [6.45, 7) is 0. The predicted octanol–water partition coefficient (Wildman–Crippen LogP) is 1.20. The number of aromatic carboxylic acids is 1. The van der Waals surface area contributed by atoms with E-state index in [1.165, 1.54) is 18.5 Å². The normalized spacial score (nSPS) is 8.00. The fourth-order valence-electron chi connectivity index (χ4n) is 0.489. The summed E-state index contributed by atoms with van der Waals surface area (Å²) in [5.74, 6) is -0.942. The second-order valence-corrected chi connectivity index (χ2v) is 1.55. The number of halogens is 1. The summed E-state index contributed by atoms with van der Waals surface area (Å²) < 4.78 is 0. The van der Waals surface area contributed by atoms with Gasteiger partial charge in [0, 0.05) is 12.4 Å². The molecule has 1 N–H and O–H groups in total. The molecule has 1 rings (SSSR count). The monoisotopic (exact) mass is 159 g/mol. The van der Waals surface area contributed by atoms with E-state index in [2.05, 4.69) is 4.98 Å². The molecule has 1 heterocycles. The van der Waals surface area contributed by atoms with E-state index in [-0.39, 0.29) is 18.0 Å². The Balaban J connectivity index is 0.000000810. The van der Waals surface area contributed by atoms with Gasteiger partial charge < -0.3 is 5.11 Å². The number of aromatic nitrogens is 1. The number of carbonyl (C=O) groups is 1. The Morgan fingerprint density at radius 2 is 2.30 bits per heavy atom. The Labute approximate surface area is 64.1 Å². The van der Waals surface area contributed by atoms with Crippen LogP contribution in [-0.2, 0) is 0 Å². The van der Waals surface area contributed by atoms with Crippen molar-refractivity contribution >= 4 is 18.4 Å². The molecule has 3 nitrogen and oxygen atoms in total. The first-order valence-corrected chi connectivity index (χ1v) is 2.44. The molecule has 10 heavy (non-hydrogen) atoms. The minimum atomic E-state index is -0.942. The summed E-state index contributed by atoms with van der Waals surface area (Å²) in [6, 6.07) is 3.08. The van der Waals surface area contributed by atoms with Crippen molar-refractivity contribution in [1.82, 2.24) is 4.98 Å². The molecule has 0 saturated heterocycles. The molecule has 1 aromatic heterocycles. The molecule has 0 aliphatic carbocycles. The van der Waals surface area contributed by atoms with Gasteiger partial charge >= 0.3 is 5.97 Å². The fourth-order valence-corrected chi connectivity index (χ4v) is 0.489. The number of hydrogen-bond donors (Lipinski definition) is 1. The number of rotatable bonds is 1. The predicted molar refractivity (Wildman–Crippen MR) is 38.4 cm³/mol. The summed E-state index contributed by atoms with van der Waals surface area (Å²) >= 11 is 0. The Bertz CT molecular complexity index is 212. The van der Waals surface area contributed by atoms with Crippen LogP contribution >= 0.6 is 12.4 Å². The first-order valence-electron chi connectivity index (χ1n) is 2.44. The minimum absolute atomic E-state index is 0. The van der Waals surface area contributed by atoms with Crippen LogP contribution in [-0.4, -0.2) is 16.1 Å². The van der Waals surface area contributed by atoms with Crippen LogP contribution in [0.4, 0.5) is 0 Å². The van der Waals surface area contributed by atoms with Crippen LogP contribution in [0.2, 0.25) is 0 Å². The van der Waals surface area contributed by atoms with Crippen molar-refractivity contribution in [3.8, 4) is 0 Å². The molecule has 0 aliphatic heterocycles. The van der Waals surface area contributed by atoms with Gasteiger partial charge in [-0.3, -0.25) is 4.98 Å². The molecule has 0 spiro atoms. The SMILES string of the molecule is Cl.O=C(O)c1cccnc1.